The van der Waals surface area contributed by atoms with E-state index in [1.54, 1.807) is 0 Å². The van der Waals surface area contributed by atoms with Crippen LogP contribution < -0.4 is 10.9 Å². The van der Waals surface area contributed by atoms with E-state index in [1.807, 2.05) is 74.5 Å². The molecule has 1 heterocycles. The Kier molecular flexibility index (Phi) is 6.81. The second-order valence-electron chi connectivity index (χ2n) is 9.38. The van der Waals surface area contributed by atoms with Gasteiger partial charge < -0.3 is 5.32 Å². The SMILES string of the molecule is CCn1nc(-c2ccccc2)c(-c2ccccc2)c(C(=O)NC(C)c2ccc3c(c2)CCCC3)c1=O. The normalized spacial score (nSPS) is 13.6. The fourth-order valence-corrected chi connectivity index (χ4v) is 5.05. The lowest BCUT2D eigenvalue weighted by Gasteiger charge is -2.21. The van der Waals surface area contributed by atoms with Crippen LogP contribution in [0.4, 0.5) is 0 Å². The summed E-state index contributed by atoms with van der Waals surface area (Å²) in [5.74, 6) is -0.383. The number of nitrogens with one attached hydrogen (secondary N) is 1. The highest BCUT2D eigenvalue weighted by Crippen LogP contribution is 2.32. The van der Waals surface area contributed by atoms with Crippen molar-refractivity contribution in [2.45, 2.75) is 52.1 Å². The number of hydrogen-bond donors (Lipinski definition) is 1. The topological polar surface area (TPSA) is 64.0 Å². The molecular weight excluding hydrogens is 446 g/mol. The van der Waals surface area contributed by atoms with Crippen molar-refractivity contribution in [2.75, 3.05) is 0 Å². The Morgan fingerprint density at radius 1 is 0.917 bits per heavy atom. The number of aryl methyl sites for hydroxylation is 3. The Balaban J connectivity index is 1.61. The van der Waals surface area contributed by atoms with Crippen LogP contribution in [0.1, 0.15) is 59.8 Å². The molecular formula is C31H31N3O2. The van der Waals surface area contributed by atoms with Gasteiger partial charge in [0.15, 0.2) is 0 Å². The first-order valence-electron chi connectivity index (χ1n) is 12.8. The first kappa shape index (κ1) is 23.7. The van der Waals surface area contributed by atoms with Crippen LogP contribution >= 0.6 is 0 Å². The Hall–Kier alpha value is -3.99. The molecule has 0 saturated heterocycles. The van der Waals surface area contributed by atoms with E-state index in [0.29, 0.717) is 17.8 Å². The maximum Gasteiger partial charge on any atom is 0.280 e. The molecule has 4 aromatic rings. The zero-order valence-electron chi connectivity index (χ0n) is 20.8. The van der Waals surface area contributed by atoms with Crippen LogP contribution in [0, 0.1) is 0 Å². The summed E-state index contributed by atoms with van der Waals surface area (Å²) in [6.45, 7) is 4.21. The highest BCUT2D eigenvalue weighted by atomic mass is 16.2. The predicted octanol–water partition coefficient (Wildman–Crippen LogP) is 5.97. The van der Waals surface area contributed by atoms with Gasteiger partial charge in [0.25, 0.3) is 11.5 Å². The third kappa shape index (κ3) is 4.61. The van der Waals surface area contributed by atoms with E-state index in [1.165, 1.54) is 28.7 Å². The molecule has 0 aliphatic heterocycles. The van der Waals surface area contributed by atoms with Gasteiger partial charge in [-0.15, -0.1) is 0 Å². The minimum Gasteiger partial charge on any atom is -0.345 e. The standard InChI is InChI=1S/C31H31N3O2/c1-3-34-31(36)28(30(35)32-21(2)25-19-18-22-12-10-11-17-26(22)20-25)27(23-13-6-4-7-14-23)29(33-34)24-15-8-5-9-16-24/h4-9,13-16,18-21H,3,10-12,17H2,1-2H3,(H,32,35). The van der Waals surface area contributed by atoms with Gasteiger partial charge >= 0.3 is 0 Å². The highest BCUT2D eigenvalue weighted by Gasteiger charge is 2.26. The van der Waals surface area contributed by atoms with Gasteiger partial charge in [-0.25, -0.2) is 4.68 Å². The third-order valence-corrected chi connectivity index (χ3v) is 7.01. The van der Waals surface area contributed by atoms with E-state index in [2.05, 4.69) is 23.5 Å². The minimum absolute atomic E-state index is 0.127. The number of carbonyl (C=O) groups excluding carboxylic acids is 1. The average molecular weight is 478 g/mol. The Bertz CT molecular complexity index is 1440. The molecule has 5 heteroatoms. The van der Waals surface area contributed by atoms with Crippen molar-refractivity contribution >= 4 is 5.91 Å². The smallest absolute Gasteiger partial charge is 0.280 e. The van der Waals surface area contributed by atoms with Crippen LogP contribution in [0.2, 0.25) is 0 Å². The van der Waals surface area contributed by atoms with Crippen molar-refractivity contribution in [3.8, 4) is 22.4 Å². The van der Waals surface area contributed by atoms with Crippen molar-refractivity contribution in [1.82, 2.24) is 15.1 Å². The molecule has 182 valence electrons. The van der Waals surface area contributed by atoms with Gasteiger partial charge in [0.1, 0.15) is 5.56 Å². The summed E-state index contributed by atoms with van der Waals surface area (Å²) >= 11 is 0. The van der Waals surface area contributed by atoms with Crippen molar-refractivity contribution in [3.05, 3.63) is 111 Å². The summed E-state index contributed by atoms with van der Waals surface area (Å²) < 4.78 is 1.38. The van der Waals surface area contributed by atoms with E-state index in [-0.39, 0.29) is 23.1 Å². The van der Waals surface area contributed by atoms with Crippen molar-refractivity contribution in [2.24, 2.45) is 0 Å². The minimum atomic E-state index is -0.383. The maximum atomic E-state index is 13.8. The summed E-state index contributed by atoms with van der Waals surface area (Å²) in [5.41, 5.74) is 6.40. The number of nitrogens with zero attached hydrogens (tertiary/aromatic N) is 2. The van der Waals surface area contributed by atoms with Gasteiger partial charge in [0.05, 0.1) is 11.7 Å². The monoisotopic (exact) mass is 477 g/mol. The molecule has 5 rings (SSSR count). The van der Waals surface area contributed by atoms with Crippen LogP contribution in [0.25, 0.3) is 22.4 Å². The van der Waals surface area contributed by atoms with E-state index >= 15 is 0 Å². The zero-order valence-corrected chi connectivity index (χ0v) is 20.8. The summed E-state index contributed by atoms with van der Waals surface area (Å²) in [7, 11) is 0. The number of hydrogen-bond acceptors (Lipinski definition) is 3. The number of carbonyl (C=O) groups is 1. The molecule has 5 nitrogen and oxygen atoms in total. The van der Waals surface area contributed by atoms with Gasteiger partial charge in [-0.1, -0.05) is 78.9 Å². The van der Waals surface area contributed by atoms with E-state index < -0.39 is 0 Å². The first-order chi connectivity index (χ1) is 17.6. The number of rotatable bonds is 6. The van der Waals surface area contributed by atoms with E-state index in [4.69, 9.17) is 5.10 Å². The van der Waals surface area contributed by atoms with Crippen LogP contribution in [-0.2, 0) is 19.4 Å². The van der Waals surface area contributed by atoms with Crippen LogP contribution in [0.5, 0.6) is 0 Å². The van der Waals surface area contributed by atoms with Crippen LogP contribution in [0.15, 0.2) is 83.7 Å². The quantitative estimate of drug-likeness (QED) is 0.372. The molecule has 0 fully saturated rings. The average Bonchev–Trinajstić information content (AvgIpc) is 2.93. The third-order valence-electron chi connectivity index (χ3n) is 7.01. The van der Waals surface area contributed by atoms with Gasteiger partial charge in [0.2, 0.25) is 0 Å². The Morgan fingerprint density at radius 2 is 1.56 bits per heavy atom. The summed E-state index contributed by atoms with van der Waals surface area (Å²) in [6, 6.07) is 25.6. The van der Waals surface area contributed by atoms with Crippen LogP contribution in [0.3, 0.4) is 0 Å². The van der Waals surface area contributed by atoms with E-state index in [0.717, 1.165) is 29.5 Å². The fraction of sp³-hybridized carbons (Fsp3) is 0.258. The molecule has 36 heavy (non-hydrogen) atoms. The highest BCUT2D eigenvalue weighted by molar-refractivity contribution is 6.03. The molecule has 0 spiro atoms. The summed E-state index contributed by atoms with van der Waals surface area (Å²) in [5, 5.41) is 7.81. The van der Waals surface area contributed by atoms with Crippen molar-refractivity contribution in [3.63, 3.8) is 0 Å². The van der Waals surface area contributed by atoms with E-state index in [9.17, 15) is 9.59 Å². The molecule has 1 aliphatic carbocycles. The second-order valence-corrected chi connectivity index (χ2v) is 9.38. The van der Waals surface area contributed by atoms with Crippen molar-refractivity contribution < 1.29 is 4.79 Å². The largest absolute Gasteiger partial charge is 0.345 e. The molecule has 0 saturated carbocycles. The lowest BCUT2D eigenvalue weighted by atomic mass is 9.89. The summed E-state index contributed by atoms with van der Waals surface area (Å²) in [6.07, 6.45) is 4.63. The number of amides is 1. The maximum absolute atomic E-state index is 13.8. The number of fused-ring (bicyclic) bond motifs is 1. The second kappa shape index (κ2) is 10.3. The van der Waals surface area contributed by atoms with Gasteiger partial charge in [-0.05, 0) is 61.8 Å². The lowest BCUT2D eigenvalue weighted by Crippen LogP contribution is -2.36. The molecule has 0 bridgehead atoms. The Morgan fingerprint density at radius 3 is 2.22 bits per heavy atom. The molecule has 0 radical (unpaired) electrons. The van der Waals surface area contributed by atoms with Crippen molar-refractivity contribution in [1.29, 1.82) is 0 Å². The molecule has 1 aromatic heterocycles. The molecule has 1 N–H and O–H groups in total. The van der Waals surface area contributed by atoms with Gasteiger partial charge in [-0.2, -0.15) is 5.10 Å². The molecule has 1 amide bonds. The number of benzene rings is 3. The van der Waals surface area contributed by atoms with Gasteiger partial charge in [-0.3, -0.25) is 9.59 Å². The molecule has 1 atom stereocenters. The molecule has 1 unspecified atom stereocenters. The zero-order chi connectivity index (χ0) is 25.1. The van der Waals surface area contributed by atoms with Gasteiger partial charge in [0, 0.05) is 17.7 Å². The molecule has 3 aromatic carbocycles. The number of aromatic nitrogens is 2. The fourth-order valence-electron chi connectivity index (χ4n) is 5.05. The molecule has 1 aliphatic rings. The lowest BCUT2D eigenvalue weighted by molar-refractivity contribution is 0.0938. The summed E-state index contributed by atoms with van der Waals surface area (Å²) in [4.78, 5) is 27.4. The predicted molar refractivity (Wildman–Crippen MR) is 144 cm³/mol. The Labute approximate surface area is 211 Å². The first-order valence-corrected chi connectivity index (χ1v) is 12.8. The van der Waals surface area contributed by atoms with Crippen LogP contribution in [-0.4, -0.2) is 15.7 Å².